The Morgan fingerprint density at radius 2 is 1.58 bits per heavy atom. The van der Waals surface area contributed by atoms with E-state index in [1.54, 1.807) is 28.1 Å². The Bertz CT molecular complexity index is 1750. The van der Waals surface area contributed by atoms with Crippen LogP contribution in [0.4, 0.5) is 0 Å². The van der Waals surface area contributed by atoms with Gasteiger partial charge in [0.25, 0.3) is 11.7 Å². The van der Waals surface area contributed by atoms with Gasteiger partial charge in [0.05, 0.1) is 18.3 Å². The molecule has 4 aliphatic rings. The maximum Gasteiger partial charge on any atom is 0.329 e. The molecule has 13 heteroatoms. The number of ketones is 3. The van der Waals surface area contributed by atoms with Gasteiger partial charge in [0, 0.05) is 65.1 Å². The standard InChI is InChI=1S/C53H83NO12/c1-12-64-48-38(7)28-35(4)44(55)32-46(36(5)29-40-21-18-22-41(30-40)61-9)65-52(59)43-23-16-17-26-54(43)51(58)50(57)53(60)39(8)24-25-42(66-53)31-45(62-10)34(3)20-15-13-14-19-33(2)27-37(6)47(56)49(48)63-11/h13-15,19-20,28,33,35-37,39-43,45-46,48-49,60H,12,16-18,21-27,29-32H2,1-11H3/b15-13+,19-14+,34-20+,38-28+/t33-,35-,36-,37-,39-,40?,41+,42+,43+,45+,46+,48-,49+,53-/m1/s1. The van der Waals surface area contributed by atoms with Crippen LogP contribution in [0.25, 0.3) is 0 Å². The molecule has 0 aromatic carbocycles. The van der Waals surface area contributed by atoms with Crippen LogP contribution in [-0.2, 0) is 52.4 Å². The number of rotatable bonds is 8. The summed E-state index contributed by atoms with van der Waals surface area (Å²) < 4.78 is 36.1. The maximum atomic E-state index is 14.4. The number of cyclic esters (lactones) is 1. The first kappa shape index (κ1) is 55.3. The topological polar surface area (TPSA) is 164 Å². The van der Waals surface area contributed by atoms with Gasteiger partial charge in [0.1, 0.15) is 30.1 Å². The highest BCUT2D eigenvalue weighted by Gasteiger charge is 2.53. The lowest BCUT2D eigenvalue weighted by molar-refractivity contribution is -0.265. The van der Waals surface area contributed by atoms with Crippen LogP contribution >= 0.6 is 0 Å². The lowest BCUT2D eigenvalue weighted by atomic mass is 9.79. The highest BCUT2D eigenvalue weighted by Crippen LogP contribution is 2.38. The normalized spacial score (nSPS) is 38.8. The van der Waals surface area contributed by atoms with E-state index in [1.165, 1.54) is 12.0 Å². The zero-order valence-electron chi connectivity index (χ0n) is 42.0. The summed E-state index contributed by atoms with van der Waals surface area (Å²) in [6, 6.07) is -1.09. The lowest BCUT2D eigenvalue weighted by Crippen LogP contribution is -2.61. The molecule has 0 aromatic rings. The summed E-state index contributed by atoms with van der Waals surface area (Å²) in [6.07, 6.45) is 16.2. The fourth-order valence-electron chi connectivity index (χ4n) is 10.5. The van der Waals surface area contributed by atoms with Gasteiger partial charge in [-0.15, -0.1) is 0 Å². The molecule has 14 atom stereocenters. The van der Waals surface area contributed by atoms with E-state index < -0.39 is 71.8 Å². The summed E-state index contributed by atoms with van der Waals surface area (Å²) in [5, 5.41) is 12.0. The molecule has 1 saturated carbocycles. The van der Waals surface area contributed by atoms with Crippen LogP contribution in [0, 0.1) is 35.5 Å². The first-order valence-electron chi connectivity index (χ1n) is 24.8. The maximum absolute atomic E-state index is 14.4. The highest BCUT2D eigenvalue weighted by molar-refractivity contribution is 6.39. The number of amides is 1. The number of nitrogens with zero attached hydrogens (tertiary/aromatic N) is 1. The minimum absolute atomic E-state index is 0.0719. The molecular weight excluding hydrogens is 843 g/mol. The number of piperidine rings is 1. The summed E-state index contributed by atoms with van der Waals surface area (Å²) >= 11 is 0. The van der Waals surface area contributed by atoms with Crippen LogP contribution < -0.4 is 0 Å². The monoisotopic (exact) mass is 926 g/mol. The minimum atomic E-state index is -2.40. The molecule has 2 saturated heterocycles. The second-order valence-electron chi connectivity index (χ2n) is 19.9. The number of hydrogen-bond acceptors (Lipinski definition) is 12. The molecular formula is C53H83NO12. The second-order valence-corrected chi connectivity index (χ2v) is 19.9. The van der Waals surface area contributed by atoms with E-state index in [0.29, 0.717) is 63.0 Å². The third kappa shape index (κ3) is 14.8. The summed E-state index contributed by atoms with van der Waals surface area (Å²) in [6.45, 7) is 15.5. The predicted octanol–water partition coefficient (Wildman–Crippen LogP) is 8.25. The number of methoxy groups -OCH3 is 3. The van der Waals surface area contributed by atoms with Gasteiger partial charge in [-0.1, -0.05) is 83.9 Å². The van der Waals surface area contributed by atoms with Crippen molar-refractivity contribution in [1.82, 2.24) is 4.90 Å². The van der Waals surface area contributed by atoms with Gasteiger partial charge < -0.3 is 38.4 Å². The molecule has 1 unspecified atom stereocenters. The van der Waals surface area contributed by atoms with Crippen molar-refractivity contribution in [1.29, 1.82) is 0 Å². The zero-order valence-corrected chi connectivity index (χ0v) is 42.0. The Morgan fingerprint density at radius 1 is 0.833 bits per heavy atom. The zero-order chi connectivity index (χ0) is 48.7. The molecule has 1 amide bonds. The molecule has 3 heterocycles. The highest BCUT2D eigenvalue weighted by atomic mass is 16.6. The Morgan fingerprint density at radius 3 is 2.26 bits per heavy atom. The molecule has 0 radical (unpaired) electrons. The molecule has 13 nitrogen and oxygen atoms in total. The summed E-state index contributed by atoms with van der Waals surface area (Å²) in [5.41, 5.74) is 1.59. The molecule has 0 aromatic heterocycles. The van der Waals surface area contributed by atoms with Crippen molar-refractivity contribution < 1.29 is 57.5 Å². The second kappa shape index (κ2) is 26.4. The quantitative estimate of drug-likeness (QED) is 0.141. The summed E-state index contributed by atoms with van der Waals surface area (Å²) in [4.78, 5) is 72.5. The fourth-order valence-corrected chi connectivity index (χ4v) is 10.5. The molecule has 372 valence electrons. The number of esters is 1. The van der Waals surface area contributed by atoms with Crippen molar-refractivity contribution >= 4 is 29.2 Å². The molecule has 66 heavy (non-hydrogen) atoms. The van der Waals surface area contributed by atoms with E-state index in [2.05, 4.69) is 6.92 Å². The van der Waals surface area contributed by atoms with Crippen LogP contribution in [0.3, 0.4) is 0 Å². The summed E-state index contributed by atoms with van der Waals surface area (Å²) in [5.74, 6) is -6.92. The van der Waals surface area contributed by atoms with Crippen molar-refractivity contribution in [3.05, 3.63) is 47.6 Å². The number of carbonyl (C=O) groups excluding carboxylic acids is 5. The Kier molecular flexibility index (Phi) is 22.1. The largest absolute Gasteiger partial charge is 0.460 e. The Labute approximate surface area is 395 Å². The van der Waals surface area contributed by atoms with Crippen molar-refractivity contribution in [2.75, 3.05) is 34.5 Å². The molecule has 1 N–H and O–H groups in total. The third-order valence-electron chi connectivity index (χ3n) is 14.7. The molecule has 4 rings (SSSR count). The van der Waals surface area contributed by atoms with E-state index in [0.717, 1.165) is 31.3 Å². The number of carbonyl (C=O) groups is 5. The first-order chi connectivity index (χ1) is 31.4. The number of hydrogen-bond donors (Lipinski definition) is 1. The minimum Gasteiger partial charge on any atom is -0.460 e. The van der Waals surface area contributed by atoms with Crippen molar-refractivity contribution in [3.63, 3.8) is 0 Å². The SMILES string of the molecule is CCO[C@@H]1/C(C)=C/[C@@H](C)C(=O)C[C@@H]([C@H](C)CC2CCC[C@H](OC)C2)OC(=O)[C@@H]2CCCCN2C(=O)C(=O)[C@]2(O)O[C@@H](CC[C@H]2C)C[C@H](OC)/C(C)=C/C=C/C=C/[C@@H](C)C[C@@H](C)C(=O)[C@@H]1OC. The molecule has 3 aliphatic heterocycles. The smallest absolute Gasteiger partial charge is 0.329 e. The third-order valence-corrected chi connectivity index (χ3v) is 14.7. The number of aliphatic hydroxyl groups is 1. The van der Waals surface area contributed by atoms with E-state index in [-0.39, 0.29) is 54.8 Å². The van der Waals surface area contributed by atoms with E-state index in [4.69, 9.17) is 28.4 Å². The van der Waals surface area contributed by atoms with E-state index in [1.807, 2.05) is 71.1 Å². The first-order valence-corrected chi connectivity index (χ1v) is 24.8. The van der Waals surface area contributed by atoms with Gasteiger partial charge in [0.15, 0.2) is 5.78 Å². The van der Waals surface area contributed by atoms with Crippen LogP contribution in [0.1, 0.15) is 139 Å². The van der Waals surface area contributed by atoms with Gasteiger partial charge in [-0.3, -0.25) is 19.2 Å². The van der Waals surface area contributed by atoms with Crippen LogP contribution in [0.2, 0.25) is 0 Å². The van der Waals surface area contributed by atoms with Gasteiger partial charge in [-0.25, -0.2) is 4.79 Å². The van der Waals surface area contributed by atoms with Crippen molar-refractivity contribution in [3.8, 4) is 0 Å². The lowest BCUT2D eigenvalue weighted by Gasteiger charge is -2.42. The van der Waals surface area contributed by atoms with Crippen LogP contribution in [0.15, 0.2) is 47.6 Å². The number of fused-ring (bicyclic) bond motifs is 3. The van der Waals surface area contributed by atoms with Gasteiger partial charge in [-0.2, -0.15) is 0 Å². The van der Waals surface area contributed by atoms with Gasteiger partial charge >= 0.3 is 5.97 Å². The average Bonchev–Trinajstić information content (AvgIpc) is 3.30. The summed E-state index contributed by atoms with van der Waals surface area (Å²) in [7, 11) is 4.83. The number of Topliss-reactive ketones (excluding diaryl/α,β-unsaturated/α-hetero) is 3. The van der Waals surface area contributed by atoms with Crippen molar-refractivity contribution in [2.45, 2.75) is 187 Å². The van der Waals surface area contributed by atoms with Gasteiger partial charge in [0.2, 0.25) is 5.79 Å². The van der Waals surface area contributed by atoms with Crippen molar-refractivity contribution in [2.24, 2.45) is 35.5 Å². The molecule has 2 bridgehead atoms. The number of ether oxygens (including phenoxy) is 6. The Hall–Kier alpha value is -3.33. The van der Waals surface area contributed by atoms with Crippen LogP contribution in [-0.4, -0.2) is 122 Å². The fraction of sp³-hybridized carbons (Fsp3) is 0.755. The molecule has 1 aliphatic carbocycles. The number of allylic oxidation sites excluding steroid dienone is 6. The average molecular weight is 926 g/mol. The predicted molar refractivity (Wildman–Crippen MR) is 253 cm³/mol. The van der Waals surface area contributed by atoms with Crippen LogP contribution in [0.5, 0.6) is 0 Å². The van der Waals surface area contributed by atoms with E-state index >= 15 is 0 Å². The molecule has 3 fully saturated rings. The molecule has 0 spiro atoms. The van der Waals surface area contributed by atoms with Gasteiger partial charge in [-0.05, 0) is 107 Å². The van der Waals surface area contributed by atoms with E-state index in [9.17, 15) is 29.1 Å². The Balaban J connectivity index is 1.73.